The quantitative estimate of drug-likeness (QED) is 0.253. The average Bonchev–Trinajstić information content (AvgIpc) is 3.32. The van der Waals surface area contributed by atoms with Crippen LogP contribution in [-0.4, -0.2) is 8.97 Å². The van der Waals surface area contributed by atoms with Gasteiger partial charge in [0.15, 0.2) is 0 Å². The van der Waals surface area contributed by atoms with Gasteiger partial charge in [0.2, 0.25) is 0 Å². The molecule has 2 nitrogen and oxygen atoms in total. The molecule has 0 amide bonds. The Labute approximate surface area is 190 Å². The van der Waals surface area contributed by atoms with Crippen LogP contribution < -0.4 is 0 Å². The molecule has 3 aromatic heterocycles. The third-order valence-corrected chi connectivity index (χ3v) is 7.46. The predicted octanol–water partition coefficient (Wildman–Crippen LogP) is 8.15. The summed E-state index contributed by atoms with van der Waals surface area (Å²) >= 11 is 0. The third-order valence-electron chi connectivity index (χ3n) is 7.46. The van der Waals surface area contributed by atoms with Gasteiger partial charge in [-0.15, -0.1) is 0 Å². The van der Waals surface area contributed by atoms with Crippen LogP contribution in [0.4, 0.5) is 0 Å². The Bertz CT molecular complexity index is 2020. The van der Waals surface area contributed by atoms with E-state index in [1.165, 1.54) is 71.0 Å². The first-order valence-corrected chi connectivity index (χ1v) is 11.5. The lowest BCUT2D eigenvalue weighted by molar-refractivity contribution is 1.01. The van der Waals surface area contributed by atoms with E-state index in [-0.39, 0.29) is 0 Å². The van der Waals surface area contributed by atoms with Gasteiger partial charge in [0.25, 0.3) is 0 Å². The van der Waals surface area contributed by atoms with Crippen LogP contribution in [0.5, 0.6) is 0 Å². The van der Waals surface area contributed by atoms with E-state index in [0.717, 1.165) is 0 Å². The van der Waals surface area contributed by atoms with Gasteiger partial charge in [0.05, 0.1) is 22.1 Å². The molecule has 0 unspecified atom stereocenters. The summed E-state index contributed by atoms with van der Waals surface area (Å²) in [6, 6.07) is 37.8. The van der Waals surface area contributed by atoms with Gasteiger partial charge in [0.1, 0.15) is 0 Å². The van der Waals surface area contributed by atoms with Crippen LogP contribution in [-0.2, 0) is 7.05 Å². The molecule has 0 bridgehead atoms. The zero-order valence-corrected chi connectivity index (χ0v) is 18.2. The average molecular weight is 421 g/mol. The highest BCUT2D eigenvalue weighted by molar-refractivity contribution is 6.31. The molecule has 0 spiro atoms. The van der Waals surface area contributed by atoms with Crippen molar-refractivity contribution in [3.63, 3.8) is 0 Å². The summed E-state index contributed by atoms with van der Waals surface area (Å²) in [5, 5.41) is 7.95. The minimum absolute atomic E-state index is 1.25. The third kappa shape index (κ3) is 2.00. The first kappa shape index (κ1) is 17.3. The van der Waals surface area contributed by atoms with Gasteiger partial charge < -0.3 is 8.97 Å². The number of para-hydroxylation sites is 1. The monoisotopic (exact) mass is 420 g/mol. The lowest BCUT2D eigenvalue weighted by atomic mass is 9.98. The molecule has 0 radical (unpaired) electrons. The van der Waals surface area contributed by atoms with E-state index < -0.39 is 0 Å². The van der Waals surface area contributed by atoms with Crippen molar-refractivity contribution in [2.24, 2.45) is 7.05 Å². The van der Waals surface area contributed by atoms with Gasteiger partial charge in [-0.1, -0.05) is 78.9 Å². The molecule has 8 rings (SSSR count). The molecule has 0 aliphatic heterocycles. The van der Waals surface area contributed by atoms with E-state index in [1.807, 2.05) is 0 Å². The smallest absolute Gasteiger partial charge is 0.0620 e. The topological polar surface area (TPSA) is 9.34 Å². The van der Waals surface area contributed by atoms with Gasteiger partial charge in [-0.05, 0) is 40.8 Å². The number of fused-ring (bicyclic) bond motifs is 5. The van der Waals surface area contributed by atoms with E-state index in [0.29, 0.717) is 0 Å². The Morgan fingerprint density at radius 1 is 0.455 bits per heavy atom. The summed E-state index contributed by atoms with van der Waals surface area (Å²) in [5.74, 6) is 0. The van der Waals surface area contributed by atoms with Crippen LogP contribution in [0.25, 0.3) is 71.0 Å². The summed E-state index contributed by atoms with van der Waals surface area (Å²) in [6.07, 6.45) is 0. The maximum absolute atomic E-state index is 2.51. The molecule has 0 N–H and O–H groups in total. The van der Waals surface area contributed by atoms with Crippen molar-refractivity contribution in [3.05, 3.63) is 103 Å². The molecular weight excluding hydrogens is 400 g/mol. The van der Waals surface area contributed by atoms with E-state index in [2.05, 4.69) is 119 Å². The molecule has 5 aromatic carbocycles. The maximum Gasteiger partial charge on any atom is 0.0620 e. The van der Waals surface area contributed by atoms with Crippen LogP contribution >= 0.6 is 0 Å². The standard InChI is InChI=1S/C31H20N2/c1-32-24-15-7-12-21-22-13-5-14-23-28-20(19-9-3-2-4-10-19)11-6-17-26(28)33(31(22)23)27-18-8-16-25(32)30(27)29(21)24/h2-18H,1H3. The van der Waals surface area contributed by atoms with Crippen LogP contribution in [0.3, 0.4) is 0 Å². The fourth-order valence-corrected chi connectivity index (χ4v) is 6.13. The molecule has 0 saturated carbocycles. The first-order valence-electron chi connectivity index (χ1n) is 11.5. The van der Waals surface area contributed by atoms with Crippen molar-refractivity contribution in [1.82, 2.24) is 8.97 Å². The Hall–Kier alpha value is -4.30. The first-order chi connectivity index (χ1) is 16.3. The molecule has 0 aliphatic rings. The molecule has 0 saturated heterocycles. The largest absolute Gasteiger partial charge is 0.344 e. The van der Waals surface area contributed by atoms with Crippen LogP contribution in [0, 0.1) is 0 Å². The minimum atomic E-state index is 1.25. The molecule has 0 atom stereocenters. The van der Waals surface area contributed by atoms with Crippen LogP contribution in [0.15, 0.2) is 103 Å². The molecule has 0 aliphatic carbocycles. The highest BCUT2D eigenvalue weighted by Gasteiger charge is 2.21. The molecular formula is C31H20N2. The number of rotatable bonds is 1. The van der Waals surface area contributed by atoms with Gasteiger partial charge >= 0.3 is 0 Å². The molecule has 8 aromatic rings. The number of benzene rings is 5. The second-order valence-corrected chi connectivity index (χ2v) is 9.03. The number of hydrogen-bond donors (Lipinski definition) is 0. The minimum Gasteiger partial charge on any atom is -0.344 e. The summed E-state index contributed by atoms with van der Waals surface area (Å²) in [4.78, 5) is 0. The molecule has 2 heteroatoms. The van der Waals surface area contributed by atoms with Crippen molar-refractivity contribution < 1.29 is 0 Å². The van der Waals surface area contributed by atoms with Crippen molar-refractivity contribution in [1.29, 1.82) is 0 Å². The second-order valence-electron chi connectivity index (χ2n) is 9.03. The number of nitrogens with zero attached hydrogens (tertiary/aromatic N) is 2. The Balaban J connectivity index is 1.78. The normalized spacial score (nSPS) is 12.4. The maximum atomic E-state index is 2.51. The summed E-state index contributed by atoms with van der Waals surface area (Å²) in [5.41, 5.74) is 8.93. The van der Waals surface area contributed by atoms with Gasteiger partial charge in [-0.3, -0.25) is 0 Å². The Kier molecular flexibility index (Phi) is 3.11. The lowest BCUT2D eigenvalue weighted by Crippen LogP contribution is -1.89. The van der Waals surface area contributed by atoms with E-state index in [4.69, 9.17) is 0 Å². The van der Waals surface area contributed by atoms with E-state index in [1.54, 1.807) is 0 Å². The predicted molar refractivity (Wildman–Crippen MR) is 141 cm³/mol. The molecule has 3 heterocycles. The fourth-order valence-electron chi connectivity index (χ4n) is 6.13. The van der Waals surface area contributed by atoms with Crippen LogP contribution in [0.2, 0.25) is 0 Å². The number of aryl methyl sites for hydroxylation is 1. The summed E-state index contributed by atoms with van der Waals surface area (Å²) in [6.45, 7) is 0. The zero-order valence-electron chi connectivity index (χ0n) is 18.2. The van der Waals surface area contributed by atoms with Gasteiger partial charge in [0, 0.05) is 39.5 Å². The zero-order chi connectivity index (χ0) is 21.7. The van der Waals surface area contributed by atoms with Crippen LogP contribution in [0.1, 0.15) is 0 Å². The van der Waals surface area contributed by atoms with Gasteiger partial charge in [-0.2, -0.15) is 0 Å². The van der Waals surface area contributed by atoms with Crippen molar-refractivity contribution >= 4 is 59.9 Å². The van der Waals surface area contributed by atoms with Crippen molar-refractivity contribution in [2.45, 2.75) is 0 Å². The van der Waals surface area contributed by atoms with Crippen molar-refractivity contribution in [3.8, 4) is 11.1 Å². The second kappa shape index (κ2) is 5.93. The van der Waals surface area contributed by atoms with Crippen molar-refractivity contribution in [2.75, 3.05) is 0 Å². The highest BCUT2D eigenvalue weighted by atomic mass is 15.0. The van der Waals surface area contributed by atoms with Gasteiger partial charge in [-0.25, -0.2) is 0 Å². The van der Waals surface area contributed by atoms with E-state index in [9.17, 15) is 0 Å². The molecule has 0 fully saturated rings. The molecule has 33 heavy (non-hydrogen) atoms. The van der Waals surface area contributed by atoms with E-state index >= 15 is 0 Å². The molecule has 154 valence electrons. The Morgan fingerprint density at radius 2 is 1.06 bits per heavy atom. The summed E-state index contributed by atoms with van der Waals surface area (Å²) < 4.78 is 4.85. The Morgan fingerprint density at radius 3 is 1.91 bits per heavy atom. The summed E-state index contributed by atoms with van der Waals surface area (Å²) in [7, 11) is 2.18. The fraction of sp³-hybridized carbons (Fsp3) is 0.0323. The highest BCUT2D eigenvalue weighted by Crippen LogP contribution is 2.44. The number of hydrogen-bond acceptors (Lipinski definition) is 0. The number of aromatic nitrogens is 2. The lowest BCUT2D eigenvalue weighted by Gasteiger charge is -2.05. The SMILES string of the molecule is Cn1c2cccc3c4cccc5c6c(-c7ccccc7)cccc6n(c6cccc1c6c32)c45.